The Hall–Kier alpha value is -1.75. The van der Waals surface area contributed by atoms with Gasteiger partial charge in [0.25, 0.3) is 0 Å². The molecule has 1 aromatic heterocycles. The zero-order chi connectivity index (χ0) is 17.9. The average molecular weight is 362 g/mol. The van der Waals surface area contributed by atoms with Crippen molar-refractivity contribution in [1.82, 2.24) is 10.2 Å². The molecule has 1 N–H and O–H groups in total. The van der Waals surface area contributed by atoms with E-state index in [2.05, 4.69) is 10.2 Å². The summed E-state index contributed by atoms with van der Waals surface area (Å²) in [4.78, 5) is 13.1. The standard InChI is InChI=1S/C18H23N2O4P/c1-23-25(22,24-2)18-15(13-9-5-3-6-10-13)16(19-20-18)17(21)14-11-7-4-8-12-14/h3,5-6,9-10,14H,4,7-8,11-12H2,1-2H3,(H,19,20). The minimum Gasteiger partial charge on any atom is -0.308 e. The molecule has 0 radical (unpaired) electrons. The van der Waals surface area contributed by atoms with Crippen LogP contribution in [0, 0.1) is 5.92 Å². The Morgan fingerprint density at radius 2 is 1.76 bits per heavy atom. The van der Waals surface area contributed by atoms with E-state index >= 15 is 0 Å². The third kappa shape index (κ3) is 3.47. The number of ketones is 1. The monoisotopic (exact) mass is 362 g/mol. The molecule has 3 rings (SSSR count). The van der Waals surface area contributed by atoms with Crippen LogP contribution in [0.4, 0.5) is 0 Å². The van der Waals surface area contributed by atoms with Gasteiger partial charge in [0.15, 0.2) is 11.2 Å². The Bertz CT molecular complexity index is 774. The largest absolute Gasteiger partial charge is 0.379 e. The lowest BCUT2D eigenvalue weighted by molar-refractivity contribution is 0.0885. The summed E-state index contributed by atoms with van der Waals surface area (Å²) < 4.78 is 23.2. The van der Waals surface area contributed by atoms with Gasteiger partial charge in [-0.3, -0.25) is 14.5 Å². The second-order valence-corrected chi connectivity index (χ2v) is 8.40. The maximum atomic E-state index is 13.1. The van der Waals surface area contributed by atoms with Crippen LogP contribution in [0.3, 0.4) is 0 Å². The minimum atomic E-state index is -3.57. The van der Waals surface area contributed by atoms with Gasteiger partial charge in [-0.05, 0) is 18.4 Å². The average Bonchev–Trinajstić information content (AvgIpc) is 3.14. The highest BCUT2D eigenvalue weighted by molar-refractivity contribution is 7.62. The predicted molar refractivity (Wildman–Crippen MR) is 96.2 cm³/mol. The van der Waals surface area contributed by atoms with Gasteiger partial charge in [-0.1, -0.05) is 49.6 Å². The van der Waals surface area contributed by atoms with Gasteiger partial charge in [-0.15, -0.1) is 0 Å². The molecular formula is C18H23N2O4P. The van der Waals surface area contributed by atoms with Gasteiger partial charge in [0.2, 0.25) is 0 Å². The fraction of sp³-hybridized carbons (Fsp3) is 0.444. The lowest BCUT2D eigenvalue weighted by Crippen LogP contribution is -2.19. The lowest BCUT2D eigenvalue weighted by Gasteiger charge is -2.20. The zero-order valence-electron chi connectivity index (χ0n) is 14.5. The van der Waals surface area contributed by atoms with Crippen molar-refractivity contribution in [3.05, 3.63) is 36.0 Å². The van der Waals surface area contributed by atoms with Crippen molar-refractivity contribution < 1.29 is 18.4 Å². The van der Waals surface area contributed by atoms with Crippen LogP contribution in [0.1, 0.15) is 42.6 Å². The van der Waals surface area contributed by atoms with Crippen molar-refractivity contribution in [2.24, 2.45) is 5.92 Å². The highest BCUT2D eigenvalue weighted by atomic mass is 31.2. The van der Waals surface area contributed by atoms with Crippen molar-refractivity contribution in [1.29, 1.82) is 0 Å². The summed E-state index contributed by atoms with van der Waals surface area (Å²) in [5.41, 5.74) is 1.83. The fourth-order valence-corrected chi connectivity index (χ4v) is 4.60. The van der Waals surface area contributed by atoms with Crippen LogP contribution >= 0.6 is 7.60 Å². The summed E-state index contributed by atoms with van der Waals surface area (Å²) in [6.45, 7) is 0. The van der Waals surface area contributed by atoms with Gasteiger partial charge in [-0.25, -0.2) is 0 Å². The van der Waals surface area contributed by atoms with Gasteiger partial charge >= 0.3 is 7.60 Å². The lowest BCUT2D eigenvalue weighted by atomic mass is 9.84. The summed E-state index contributed by atoms with van der Waals surface area (Å²) in [5.74, 6) is -0.0309. The molecule has 0 bridgehead atoms. The van der Waals surface area contributed by atoms with Gasteiger partial charge in [-0.2, -0.15) is 5.10 Å². The normalized spacial score (nSPS) is 16.1. The summed E-state index contributed by atoms with van der Waals surface area (Å²) >= 11 is 0. The molecule has 7 heteroatoms. The van der Waals surface area contributed by atoms with Crippen LogP contribution < -0.4 is 5.44 Å². The molecule has 0 spiro atoms. The zero-order valence-corrected chi connectivity index (χ0v) is 15.4. The molecule has 1 heterocycles. The summed E-state index contributed by atoms with van der Waals surface area (Å²) in [6, 6.07) is 9.35. The molecule has 1 aliphatic carbocycles. The van der Waals surface area contributed by atoms with E-state index in [4.69, 9.17) is 9.05 Å². The van der Waals surface area contributed by atoms with E-state index in [1.807, 2.05) is 30.3 Å². The van der Waals surface area contributed by atoms with Gasteiger partial charge in [0, 0.05) is 25.7 Å². The van der Waals surface area contributed by atoms with Crippen molar-refractivity contribution >= 4 is 18.8 Å². The summed E-state index contributed by atoms with van der Waals surface area (Å²) in [5, 5.41) is 6.97. The Morgan fingerprint density at radius 1 is 1.12 bits per heavy atom. The number of aromatic amines is 1. The number of carbonyl (C=O) groups excluding carboxylic acids is 1. The molecule has 2 aromatic rings. The van der Waals surface area contributed by atoms with E-state index in [1.54, 1.807) is 0 Å². The first-order chi connectivity index (χ1) is 12.1. The molecular weight excluding hydrogens is 339 g/mol. The Labute approximate surface area is 147 Å². The van der Waals surface area contributed by atoms with Crippen LogP contribution in [-0.4, -0.2) is 30.2 Å². The molecule has 0 atom stereocenters. The van der Waals surface area contributed by atoms with E-state index in [0.29, 0.717) is 11.3 Å². The van der Waals surface area contributed by atoms with Crippen molar-refractivity contribution in [3.8, 4) is 11.1 Å². The molecule has 0 saturated heterocycles. The number of aromatic nitrogens is 2. The number of H-pyrrole nitrogens is 1. The van der Waals surface area contributed by atoms with Gasteiger partial charge < -0.3 is 9.05 Å². The van der Waals surface area contributed by atoms with Crippen LogP contribution in [0.25, 0.3) is 11.1 Å². The topological polar surface area (TPSA) is 81.3 Å². The molecule has 25 heavy (non-hydrogen) atoms. The number of benzene rings is 1. The summed E-state index contributed by atoms with van der Waals surface area (Å²) in [6.07, 6.45) is 5.04. The molecule has 0 aliphatic heterocycles. The summed E-state index contributed by atoms with van der Waals surface area (Å²) in [7, 11) is -0.922. The number of carbonyl (C=O) groups is 1. The fourth-order valence-electron chi connectivity index (χ4n) is 3.40. The smallest absolute Gasteiger partial charge is 0.308 e. The van der Waals surface area contributed by atoms with E-state index < -0.39 is 7.60 Å². The Balaban J connectivity index is 2.11. The number of hydrogen-bond donors (Lipinski definition) is 1. The first-order valence-corrected chi connectivity index (χ1v) is 10.0. The van der Waals surface area contributed by atoms with Crippen LogP contribution in [-0.2, 0) is 13.6 Å². The highest BCUT2D eigenvalue weighted by Gasteiger charge is 2.36. The number of nitrogens with zero attached hydrogens (tertiary/aromatic N) is 1. The SMILES string of the molecule is COP(=O)(OC)c1[nH]nc(C(=O)C2CCCCC2)c1-c1ccccc1. The minimum absolute atomic E-state index is 0.000177. The van der Waals surface area contributed by atoms with Crippen molar-refractivity contribution in [3.63, 3.8) is 0 Å². The molecule has 6 nitrogen and oxygen atoms in total. The first kappa shape index (κ1) is 18.1. The molecule has 0 amide bonds. The molecule has 134 valence electrons. The van der Waals surface area contributed by atoms with Gasteiger partial charge in [0.1, 0.15) is 5.69 Å². The van der Waals surface area contributed by atoms with Crippen molar-refractivity contribution in [2.45, 2.75) is 32.1 Å². The molecule has 1 fully saturated rings. The number of rotatable bonds is 6. The van der Waals surface area contributed by atoms with Crippen LogP contribution in [0.15, 0.2) is 30.3 Å². The first-order valence-electron chi connectivity index (χ1n) is 8.51. The molecule has 1 saturated carbocycles. The van der Waals surface area contributed by atoms with E-state index in [9.17, 15) is 9.36 Å². The maximum Gasteiger partial charge on any atom is 0.379 e. The number of hydrogen-bond acceptors (Lipinski definition) is 5. The van der Waals surface area contributed by atoms with E-state index in [-0.39, 0.29) is 17.1 Å². The number of Topliss-reactive ketones (excluding diaryl/α,β-unsaturated/α-hetero) is 1. The van der Waals surface area contributed by atoms with E-state index in [1.165, 1.54) is 20.6 Å². The molecule has 1 aromatic carbocycles. The molecule has 0 unspecified atom stereocenters. The second kappa shape index (κ2) is 7.65. The third-order valence-corrected chi connectivity index (χ3v) is 6.61. The maximum absolute atomic E-state index is 13.1. The quantitative estimate of drug-likeness (QED) is 0.621. The van der Waals surface area contributed by atoms with E-state index in [0.717, 1.165) is 31.2 Å². The predicted octanol–water partition coefficient (Wildman–Crippen LogP) is 3.95. The molecule has 1 aliphatic rings. The third-order valence-electron chi connectivity index (χ3n) is 4.77. The van der Waals surface area contributed by atoms with Crippen LogP contribution in [0.5, 0.6) is 0 Å². The van der Waals surface area contributed by atoms with Crippen LogP contribution in [0.2, 0.25) is 0 Å². The number of nitrogens with one attached hydrogen (secondary N) is 1. The van der Waals surface area contributed by atoms with Gasteiger partial charge in [0.05, 0.1) is 0 Å². The van der Waals surface area contributed by atoms with Crippen molar-refractivity contribution in [2.75, 3.05) is 14.2 Å². The Kier molecular flexibility index (Phi) is 5.52. The second-order valence-electron chi connectivity index (χ2n) is 6.22. The highest BCUT2D eigenvalue weighted by Crippen LogP contribution is 2.47. The Morgan fingerprint density at radius 3 is 2.36 bits per heavy atom.